The van der Waals surface area contributed by atoms with Crippen molar-refractivity contribution in [2.75, 3.05) is 5.75 Å². The second kappa shape index (κ2) is 4.27. The summed E-state index contributed by atoms with van der Waals surface area (Å²) in [5.41, 5.74) is 0.520. The summed E-state index contributed by atoms with van der Waals surface area (Å²) in [7, 11) is 0. The van der Waals surface area contributed by atoms with Gasteiger partial charge in [0, 0.05) is 24.0 Å². The Kier molecular flexibility index (Phi) is 2.82. The minimum absolute atomic E-state index is 0.0646. The van der Waals surface area contributed by atoms with E-state index in [1.54, 1.807) is 18.3 Å². The minimum Gasteiger partial charge on any atom is -0.320 e. The number of carbonyl (C=O) groups is 2. The molecule has 1 amide bonds. The molecule has 0 aromatic carbocycles. The molecular weight excluding hydrogens is 212 g/mol. The van der Waals surface area contributed by atoms with E-state index in [9.17, 15) is 9.59 Å². The third kappa shape index (κ3) is 2.44. The van der Waals surface area contributed by atoms with Crippen molar-refractivity contribution in [3.8, 4) is 0 Å². The first-order chi connectivity index (χ1) is 7.25. The number of nitrogens with zero attached hydrogens (tertiary/aromatic N) is 1. The molecule has 1 aromatic heterocycles. The van der Waals surface area contributed by atoms with Gasteiger partial charge in [0.2, 0.25) is 5.91 Å². The van der Waals surface area contributed by atoms with Crippen LogP contribution in [-0.2, 0) is 4.79 Å². The van der Waals surface area contributed by atoms with Crippen LogP contribution in [0.5, 0.6) is 0 Å². The molecule has 1 saturated heterocycles. The highest BCUT2D eigenvalue weighted by Crippen LogP contribution is 2.19. The Hall–Kier alpha value is -1.62. The smallest absolute Gasteiger partial charge is 0.235 e. The van der Waals surface area contributed by atoms with Crippen LogP contribution in [0, 0.1) is 0 Å². The number of thioether (sulfide) groups is 1. The van der Waals surface area contributed by atoms with E-state index in [2.05, 4.69) is 10.3 Å². The van der Waals surface area contributed by atoms with Crippen molar-refractivity contribution < 1.29 is 9.59 Å². The molecule has 0 radical (unpaired) electrons. The van der Waals surface area contributed by atoms with Crippen molar-refractivity contribution in [2.24, 2.45) is 0 Å². The van der Waals surface area contributed by atoms with Crippen LogP contribution in [-0.4, -0.2) is 22.4 Å². The number of hydrogen-bond acceptors (Lipinski definition) is 4. The second-order valence-electron chi connectivity index (χ2n) is 2.95. The summed E-state index contributed by atoms with van der Waals surface area (Å²) in [4.78, 5) is 26.4. The first kappa shape index (κ1) is 9.92. The van der Waals surface area contributed by atoms with Gasteiger partial charge in [-0.3, -0.25) is 14.6 Å². The lowest BCUT2D eigenvalue weighted by Gasteiger charge is -1.96. The quantitative estimate of drug-likeness (QED) is 0.596. The van der Waals surface area contributed by atoms with E-state index in [4.69, 9.17) is 0 Å². The molecule has 0 spiro atoms. The maximum atomic E-state index is 11.6. The van der Waals surface area contributed by atoms with Gasteiger partial charge in [0.05, 0.1) is 10.8 Å². The predicted octanol–water partition coefficient (Wildman–Crippen LogP) is 0.969. The average Bonchev–Trinajstić information content (AvgIpc) is 2.65. The molecule has 2 rings (SSSR count). The Morgan fingerprint density at radius 3 is 3.07 bits per heavy atom. The van der Waals surface area contributed by atoms with Crippen LogP contribution in [0.25, 0.3) is 0 Å². The van der Waals surface area contributed by atoms with Gasteiger partial charge in [-0.25, -0.2) is 0 Å². The maximum Gasteiger partial charge on any atom is 0.235 e. The van der Waals surface area contributed by atoms with E-state index in [1.165, 1.54) is 24.0 Å². The maximum absolute atomic E-state index is 11.6. The monoisotopic (exact) mass is 220 g/mol. The van der Waals surface area contributed by atoms with E-state index >= 15 is 0 Å². The van der Waals surface area contributed by atoms with Gasteiger partial charge in [0.15, 0.2) is 5.78 Å². The Morgan fingerprint density at radius 2 is 2.47 bits per heavy atom. The highest BCUT2D eigenvalue weighted by molar-refractivity contribution is 8.04. The molecule has 0 unspecified atom stereocenters. The van der Waals surface area contributed by atoms with Gasteiger partial charge < -0.3 is 5.32 Å². The number of hydrogen-bond donors (Lipinski definition) is 1. The first-order valence-corrected chi connectivity index (χ1v) is 5.33. The molecule has 1 fully saturated rings. The van der Waals surface area contributed by atoms with E-state index in [0.717, 1.165) is 0 Å². The van der Waals surface area contributed by atoms with Crippen molar-refractivity contribution in [2.45, 2.75) is 0 Å². The normalized spacial score (nSPS) is 17.9. The second-order valence-corrected chi connectivity index (χ2v) is 3.97. The molecule has 2 heterocycles. The molecule has 1 N–H and O–H groups in total. The zero-order chi connectivity index (χ0) is 10.7. The number of rotatable bonds is 2. The number of nitrogens with one attached hydrogen (secondary N) is 1. The molecule has 0 atom stereocenters. The zero-order valence-corrected chi connectivity index (χ0v) is 8.58. The van der Waals surface area contributed by atoms with Crippen molar-refractivity contribution in [1.29, 1.82) is 0 Å². The fourth-order valence-corrected chi connectivity index (χ4v) is 1.88. The molecule has 1 aliphatic rings. The van der Waals surface area contributed by atoms with Crippen LogP contribution in [0.1, 0.15) is 10.4 Å². The Labute approximate surface area is 90.8 Å². The number of aromatic nitrogens is 1. The van der Waals surface area contributed by atoms with Crippen molar-refractivity contribution in [3.05, 3.63) is 41.2 Å². The van der Waals surface area contributed by atoms with Gasteiger partial charge in [0.25, 0.3) is 0 Å². The summed E-state index contributed by atoms with van der Waals surface area (Å²) in [5.74, 6) is 0.171. The van der Waals surface area contributed by atoms with E-state index < -0.39 is 0 Å². The molecule has 76 valence electrons. The van der Waals surface area contributed by atoms with E-state index in [0.29, 0.717) is 16.3 Å². The van der Waals surface area contributed by atoms with Crippen molar-refractivity contribution in [3.63, 3.8) is 0 Å². The van der Waals surface area contributed by atoms with Crippen LogP contribution >= 0.6 is 11.8 Å². The van der Waals surface area contributed by atoms with Gasteiger partial charge in [-0.05, 0) is 12.1 Å². The third-order valence-corrected chi connectivity index (χ3v) is 2.77. The number of ketones is 1. The Morgan fingerprint density at radius 1 is 1.60 bits per heavy atom. The van der Waals surface area contributed by atoms with E-state index in [-0.39, 0.29) is 11.7 Å². The number of allylic oxidation sites excluding steroid dienone is 1. The van der Waals surface area contributed by atoms with Crippen LogP contribution in [0.15, 0.2) is 35.6 Å². The summed E-state index contributed by atoms with van der Waals surface area (Å²) in [6.07, 6.45) is 4.53. The number of amides is 1. The minimum atomic E-state index is -0.146. The fraction of sp³-hybridized carbons (Fsp3) is 0.100. The Balaban J connectivity index is 2.13. The van der Waals surface area contributed by atoms with Gasteiger partial charge >= 0.3 is 0 Å². The molecule has 0 aliphatic carbocycles. The largest absolute Gasteiger partial charge is 0.320 e. The summed E-state index contributed by atoms with van der Waals surface area (Å²) < 4.78 is 0. The van der Waals surface area contributed by atoms with Gasteiger partial charge in [-0.1, -0.05) is 11.8 Å². The molecule has 1 aliphatic heterocycles. The molecule has 5 heteroatoms. The molecule has 15 heavy (non-hydrogen) atoms. The summed E-state index contributed by atoms with van der Waals surface area (Å²) >= 11 is 1.33. The molecular formula is C10H8N2O2S. The van der Waals surface area contributed by atoms with Crippen LogP contribution in [0.4, 0.5) is 0 Å². The van der Waals surface area contributed by atoms with Crippen molar-refractivity contribution >= 4 is 23.5 Å². The highest BCUT2D eigenvalue weighted by atomic mass is 32.2. The lowest BCUT2D eigenvalue weighted by molar-refractivity contribution is -0.117. The lowest BCUT2D eigenvalue weighted by Crippen LogP contribution is -2.14. The summed E-state index contributed by atoms with van der Waals surface area (Å²) in [5, 5.41) is 3.20. The highest BCUT2D eigenvalue weighted by Gasteiger charge is 2.16. The third-order valence-electron chi connectivity index (χ3n) is 1.83. The standard InChI is InChI=1S/C10H8N2O2S/c13-8(7-2-1-3-11-5-7)4-10-12-9(14)6-15-10/h1-5H,6H2,(H,12,14)/b10-4+. The SMILES string of the molecule is O=C1CS/C(=C/C(=O)c2cccnc2)N1. The first-order valence-electron chi connectivity index (χ1n) is 4.34. The van der Waals surface area contributed by atoms with Crippen LogP contribution in [0.2, 0.25) is 0 Å². The molecule has 4 nitrogen and oxygen atoms in total. The average molecular weight is 220 g/mol. The molecule has 0 saturated carbocycles. The van der Waals surface area contributed by atoms with Crippen LogP contribution < -0.4 is 5.32 Å². The molecule has 1 aromatic rings. The summed E-state index contributed by atoms with van der Waals surface area (Å²) in [6, 6.07) is 3.39. The fourth-order valence-electron chi connectivity index (χ4n) is 1.14. The summed E-state index contributed by atoms with van der Waals surface area (Å²) in [6.45, 7) is 0. The Bertz CT molecular complexity index is 428. The number of pyridine rings is 1. The van der Waals surface area contributed by atoms with Gasteiger partial charge in [-0.2, -0.15) is 0 Å². The van der Waals surface area contributed by atoms with E-state index in [1.807, 2.05) is 0 Å². The van der Waals surface area contributed by atoms with Crippen molar-refractivity contribution in [1.82, 2.24) is 10.3 Å². The lowest BCUT2D eigenvalue weighted by atomic mass is 10.2. The predicted molar refractivity (Wildman–Crippen MR) is 57.3 cm³/mol. The number of carbonyl (C=O) groups excluding carboxylic acids is 2. The topological polar surface area (TPSA) is 59.1 Å². The molecule has 0 bridgehead atoms. The van der Waals surface area contributed by atoms with Gasteiger partial charge in [0.1, 0.15) is 0 Å². The van der Waals surface area contributed by atoms with Gasteiger partial charge in [-0.15, -0.1) is 0 Å². The zero-order valence-electron chi connectivity index (χ0n) is 7.77. The van der Waals surface area contributed by atoms with Crippen LogP contribution in [0.3, 0.4) is 0 Å².